The van der Waals surface area contributed by atoms with Crippen LogP contribution in [-0.2, 0) is 10.0 Å². The lowest BCUT2D eigenvalue weighted by Crippen LogP contribution is -2.42. The number of pyridine rings is 1. The molecule has 1 amide bonds. The van der Waals surface area contributed by atoms with E-state index in [2.05, 4.69) is 17.1 Å². The van der Waals surface area contributed by atoms with Crippen LogP contribution in [-0.4, -0.2) is 70.1 Å². The summed E-state index contributed by atoms with van der Waals surface area (Å²) in [5.74, 6) is 0.736. The molecule has 0 bridgehead atoms. The molecule has 0 N–H and O–H groups in total. The second-order valence-electron chi connectivity index (χ2n) is 7.65. The third-order valence-corrected chi connectivity index (χ3v) is 6.99. The molecular formula is C18H25N5O3S. The van der Waals surface area contributed by atoms with Crippen molar-refractivity contribution in [3.05, 3.63) is 29.7 Å². The molecule has 0 aromatic carbocycles. The molecule has 4 rings (SSSR count). The lowest BCUT2D eigenvalue weighted by molar-refractivity contribution is 0.0635. The van der Waals surface area contributed by atoms with E-state index in [0.29, 0.717) is 30.7 Å². The Morgan fingerprint density at radius 3 is 2.67 bits per heavy atom. The Bertz CT molecular complexity index is 971. The van der Waals surface area contributed by atoms with Gasteiger partial charge in [0.1, 0.15) is 5.82 Å². The highest BCUT2D eigenvalue weighted by Gasteiger charge is 2.32. The molecule has 4 heterocycles. The van der Waals surface area contributed by atoms with Crippen LogP contribution in [0.25, 0.3) is 5.65 Å². The minimum atomic E-state index is -3.21. The van der Waals surface area contributed by atoms with Gasteiger partial charge in [-0.1, -0.05) is 0 Å². The van der Waals surface area contributed by atoms with Crippen molar-refractivity contribution in [3.63, 3.8) is 0 Å². The van der Waals surface area contributed by atoms with Crippen LogP contribution < -0.4 is 0 Å². The number of fused-ring (bicyclic) bond motifs is 1. The van der Waals surface area contributed by atoms with E-state index in [1.807, 2.05) is 15.4 Å². The molecule has 2 saturated heterocycles. The molecule has 2 aliphatic heterocycles. The smallest absolute Gasteiger partial charge is 0.255 e. The Morgan fingerprint density at radius 1 is 1.15 bits per heavy atom. The summed E-state index contributed by atoms with van der Waals surface area (Å²) in [5, 5.41) is 8.49. The minimum Gasteiger partial charge on any atom is -0.336 e. The lowest BCUT2D eigenvalue weighted by Gasteiger charge is -2.33. The van der Waals surface area contributed by atoms with E-state index >= 15 is 0 Å². The number of piperidine rings is 1. The van der Waals surface area contributed by atoms with E-state index in [4.69, 9.17) is 0 Å². The fraction of sp³-hybridized carbons (Fsp3) is 0.611. The van der Waals surface area contributed by atoms with Gasteiger partial charge in [-0.05, 0) is 44.7 Å². The number of sulfonamides is 1. The van der Waals surface area contributed by atoms with Crippen molar-refractivity contribution >= 4 is 21.6 Å². The third kappa shape index (κ3) is 3.45. The van der Waals surface area contributed by atoms with Gasteiger partial charge in [-0.15, -0.1) is 10.2 Å². The first-order valence-corrected chi connectivity index (χ1v) is 11.3. The number of carbonyl (C=O) groups excluding carboxylic acids is 1. The van der Waals surface area contributed by atoms with Gasteiger partial charge in [0.2, 0.25) is 10.0 Å². The first kappa shape index (κ1) is 18.4. The molecule has 8 nitrogen and oxygen atoms in total. The van der Waals surface area contributed by atoms with Crippen LogP contribution >= 0.6 is 0 Å². The quantitative estimate of drug-likeness (QED) is 0.791. The Hall–Kier alpha value is -2.00. The van der Waals surface area contributed by atoms with Gasteiger partial charge in [0.15, 0.2) is 5.65 Å². The highest BCUT2D eigenvalue weighted by molar-refractivity contribution is 7.88. The summed E-state index contributed by atoms with van der Waals surface area (Å²) < 4.78 is 26.9. The van der Waals surface area contributed by atoms with Gasteiger partial charge in [0, 0.05) is 37.8 Å². The average Bonchev–Trinajstić information content (AvgIpc) is 3.27. The molecule has 2 unspecified atom stereocenters. The van der Waals surface area contributed by atoms with Crippen LogP contribution in [0.3, 0.4) is 0 Å². The maximum Gasteiger partial charge on any atom is 0.255 e. The Kier molecular flexibility index (Phi) is 4.67. The summed E-state index contributed by atoms with van der Waals surface area (Å²) in [6.45, 7) is 3.78. The summed E-state index contributed by atoms with van der Waals surface area (Å²) >= 11 is 0. The fourth-order valence-electron chi connectivity index (χ4n) is 4.12. The monoisotopic (exact) mass is 391 g/mol. The Balaban J connectivity index is 1.63. The van der Waals surface area contributed by atoms with Gasteiger partial charge >= 0.3 is 0 Å². The number of carbonyl (C=O) groups is 1. The second kappa shape index (κ2) is 6.87. The SMILES string of the molecule is CC1CCCCN1C(=O)c1ccc2nnc(C3CCN(S(C)(=O)=O)C3)n2c1. The summed E-state index contributed by atoms with van der Waals surface area (Å²) in [4.78, 5) is 14.9. The Morgan fingerprint density at radius 2 is 1.96 bits per heavy atom. The van der Waals surface area contributed by atoms with Gasteiger partial charge in [0.05, 0.1) is 11.8 Å². The molecule has 146 valence electrons. The molecule has 0 aliphatic carbocycles. The van der Waals surface area contributed by atoms with Gasteiger partial charge in [-0.25, -0.2) is 12.7 Å². The first-order valence-electron chi connectivity index (χ1n) is 9.45. The zero-order valence-electron chi connectivity index (χ0n) is 15.7. The highest BCUT2D eigenvalue weighted by Crippen LogP contribution is 2.28. The van der Waals surface area contributed by atoms with E-state index in [1.54, 1.807) is 12.3 Å². The summed E-state index contributed by atoms with van der Waals surface area (Å²) in [5.41, 5.74) is 1.29. The number of amides is 1. The largest absolute Gasteiger partial charge is 0.336 e. The molecule has 9 heteroatoms. The van der Waals surface area contributed by atoms with E-state index in [-0.39, 0.29) is 17.9 Å². The predicted octanol–water partition coefficient (Wildman–Crippen LogP) is 1.49. The van der Waals surface area contributed by atoms with E-state index in [0.717, 1.165) is 31.6 Å². The molecule has 0 spiro atoms. The second-order valence-corrected chi connectivity index (χ2v) is 9.64. The van der Waals surface area contributed by atoms with Crippen LogP contribution in [0.1, 0.15) is 54.7 Å². The number of aromatic nitrogens is 3. The molecule has 0 radical (unpaired) electrons. The van der Waals surface area contributed by atoms with Crippen molar-refractivity contribution < 1.29 is 13.2 Å². The number of hydrogen-bond acceptors (Lipinski definition) is 5. The van der Waals surface area contributed by atoms with Crippen LogP contribution in [0.5, 0.6) is 0 Å². The van der Waals surface area contributed by atoms with E-state index in [1.165, 1.54) is 10.6 Å². The molecule has 27 heavy (non-hydrogen) atoms. The number of rotatable bonds is 3. The zero-order valence-corrected chi connectivity index (χ0v) is 16.5. The van der Waals surface area contributed by atoms with Gasteiger partial charge in [-0.3, -0.25) is 9.20 Å². The maximum absolute atomic E-state index is 13.0. The van der Waals surface area contributed by atoms with Crippen molar-refractivity contribution in [1.82, 2.24) is 23.8 Å². The summed E-state index contributed by atoms with van der Waals surface area (Å²) in [6.07, 6.45) is 6.98. The summed E-state index contributed by atoms with van der Waals surface area (Å²) in [6, 6.07) is 3.86. The molecule has 2 aromatic heterocycles. The third-order valence-electron chi connectivity index (χ3n) is 5.72. The topological polar surface area (TPSA) is 87.9 Å². The molecule has 0 saturated carbocycles. The number of hydrogen-bond donors (Lipinski definition) is 0. The number of likely N-dealkylation sites (tertiary alicyclic amines) is 1. The van der Waals surface area contributed by atoms with Gasteiger partial charge < -0.3 is 4.90 Å². The fourth-order valence-corrected chi connectivity index (χ4v) is 5.01. The van der Waals surface area contributed by atoms with Gasteiger partial charge in [-0.2, -0.15) is 0 Å². The highest BCUT2D eigenvalue weighted by atomic mass is 32.2. The molecule has 2 aromatic rings. The van der Waals surface area contributed by atoms with Crippen LogP contribution in [0.15, 0.2) is 18.3 Å². The van der Waals surface area contributed by atoms with Crippen LogP contribution in [0.4, 0.5) is 0 Å². The van der Waals surface area contributed by atoms with Crippen molar-refractivity contribution in [2.24, 2.45) is 0 Å². The zero-order chi connectivity index (χ0) is 19.2. The summed E-state index contributed by atoms with van der Waals surface area (Å²) in [7, 11) is -3.21. The predicted molar refractivity (Wildman–Crippen MR) is 101 cm³/mol. The first-order chi connectivity index (χ1) is 12.8. The minimum absolute atomic E-state index is 0.0195. The Labute approximate surface area is 159 Å². The lowest BCUT2D eigenvalue weighted by atomic mass is 10.0. The molecule has 2 atom stereocenters. The molecule has 2 aliphatic rings. The van der Waals surface area contributed by atoms with E-state index < -0.39 is 10.0 Å². The van der Waals surface area contributed by atoms with Crippen molar-refractivity contribution in [2.75, 3.05) is 25.9 Å². The van der Waals surface area contributed by atoms with Crippen molar-refractivity contribution in [2.45, 2.75) is 44.6 Å². The molecular weight excluding hydrogens is 366 g/mol. The van der Waals surface area contributed by atoms with E-state index in [9.17, 15) is 13.2 Å². The normalized spacial score (nSPS) is 24.6. The van der Waals surface area contributed by atoms with Crippen molar-refractivity contribution in [1.29, 1.82) is 0 Å². The van der Waals surface area contributed by atoms with Crippen molar-refractivity contribution in [3.8, 4) is 0 Å². The van der Waals surface area contributed by atoms with Crippen LogP contribution in [0.2, 0.25) is 0 Å². The van der Waals surface area contributed by atoms with Gasteiger partial charge in [0.25, 0.3) is 5.91 Å². The van der Waals surface area contributed by atoms with Crippen LogP contribution in [0, 0.1) is 0 Å². The standard InChI is InChI=1S/C18H25N5O3S/c1-13-5-3-4-9-22(13)18(24)15-6-7-16-19-20-17(23(16)12-15)14-8-10-21(11-14)27(2,25)26/h6-7,12-14H,3-5,8-11H2,1-2H3. The molecule has 2 fully saturated rings. The number of nitrogens with zero attached hydrogens (tertiary/aromatic N) is 5. The average molecular weight is 391 g/mol. The maximum atomic E-state index is 13.0.